The van der Waals surface area contributed by atoms with Gasteiger partial charge in [0.2, 0.25) is 0 Å². The molecule has 0 spiro atoms. The molecule has 0 saturated heterocycles. The number of aryl methyl sites for hydroxylation is 2. The van der Waals surface area contributed by atoms with E-state index < -0.39 is 0 Å². The predicted molar refractivity (Wildman–Crippen MR) is 212 cm³/mol. The van der Waals surface area contributed by atoms with Crippen LogP contribution in [0.15, 0.2) is 134 Å². The summed E-state index contributed by atoms with van der Waals surface area (Å²) in [7, 11) is 0. The standard InChI is InChI=1S/2C20H16N.2CH3.2ClH.Si.Zr/c2*1-2-14-12-16-7-4-9-17(19(16)13-14)18-10-3-6-15-8-5-11-21-20(15)18;;;;;;/h2*3-13H,2H2,1H3;2*1H3;2*1H;;/q4*-1;;;;. The van der Waals surface area contributed by atoms with E-state index in [-0.39, 0.29) is 39.7 Å². The van der Waals surface area contributed by atoms with E-state index in [4.69, 9.17) is 0 Å². The summed E-state index contributed by atoms with van der Waals surface area (Å²) in [4.78, 5) is 9.18. The predicted octanol–water partition coefficient (Wildman–Crippen LogP) is 12.0. The van der Waals surface area contributed by atoms with Gasteiger partial charge in [-0.05, 0) is 36.1 Å². The Bertz CT molecular complexity index is 2050. The number of hydrogen-bond donors (Lipinski definition) is 0. The van der Waals surface area contributed by atoms with Crippen LogP contribution >= 0.6 is 24.8 Å². The molecule has 6 aromatic carbocycles. The Balaban J connectivity index is 0.000000294. The van der Waals surface area contributed by atoms with Crippen LogP contribution in [-0.4, -0.2) is 16.8 Å². The van der Waals surface area contributed by atoms with Crippen LogP contribution in [-0.2, 0) is 36.2 Å². The van der Waals surface area contributed by atoms with E-state index in [1.54, 1.807) is 0 Å². The van der Waals surface area contributed by atoms with Crippen molar-refractivity contribution < 1.29 is 23.3 Å². The maximum atomic E-state index is 4.59. The molecule has 0 aliphatic heterocycles. The van der Waals surface area contributed by atoms with E-state index in [1.807, 2.05) is 24.5 Å². The normalized spacial score (nSPS) is 9.94. The second-order valence-corrected chi connectivity index (χ2v) is 10.8. The first kappa shape index (κ1) is 40.8. The summed E-state index contributed by atoms with van der Waals surface area (Å²) in [5.41, 5.74) is 9.92. The monoisotopic (exact) mass is 760 g/mol. The fraction of sp³-hybridized carbons (Fsp3) is 0.0952. The molecule has 0 atom stereocenters. The number of fused-ring (bicyclic) bond motifs is 4. The fourth-order valence-electron chi connectivity index (χ4n) is 6.11. The van der Waals surface area contributed by atoms with Crippen LogP contribution in [0.3, 0.4) is 0 Å². The molecule has 2 aromatic heterocycles. The molecule has 0 saturated carbocycles. The first-order valence-corrected chi connectivity index (χ1v) is 19.2. The molecule has 6 heteroatoms. The van der Waals surface area contributed by atoms with Crippen molar-refractivity contribution in [1.82, 2.24) is 9.97 Å². The van der Waals surface area contributed by atoms with Crippen LogP contribution < -0.4 is 0 Å². The molecule has 8 aromatic rings. The molecular formula is C42H40Cl2N2SiZr-4. The molecule has 244 valence electrons. The molecule has 2 heterocycles. The van der Waals surface area contributed by atoms with Crippen molar-refractivity contribution in [1.29, 1.82) is 0 Å². The Morgan fingerprint density at radius 2 is 0.875 bits per heavy atom. The van der Waals surface area contributed by atoms with Crippen LogP contribution in [0.4, 0.5) is 0 Å². The van der Waals surface area contributed by atoms with Gasteiger partial charge in [-0.1, -0.05) is 85.6 Å². The van der Waals surface area contributed by atoms with Crippen molar-refractivity contribution in [2.45, 2.75) is 26.7 Å². The van der Waals surface area contributed by atoms with Gasteiger partial charge in [0.25, 0.3) is 0 Å². The zero-order valence-electron chi connectivity index (χ0n) is 27.8. The molecule has 2 nitrogen and oxygen atoms in total. The number of halogens is 2. The molecule has 8 rings (SSSR count). The van der Waals surface area contributed by atoms with Crippen LogP contribution in [0.5, 0.6) is 0 Å². The van der Waals surface area contributed by atoms with E-state index in [9.17, 15) is 0 Å². The Morgan fingerprint density at radius 1 is 0.521 bits per heavy atom. The number of nitrogens with zero attached hydrogens (tertiary/aromatic N) is 2. The molecule has 0 amide bonds. The third kappa shape index (κ3) is 8.24. The van der Waals surface area contributed by atoms with Crippen molar-refractivity contribution in [3.05, 3.63) is 160 Å². The van der Waals surface area contributed by atoms with Gasteiger partial charge in [0.05, 0.1) is 11.0 Å². The fourth-order valence-corrected chi connectivity index (χ4v) is 6.11. The van der Waals surface area contributed by atoms with Crippen LogP contribution in [0, 0.1) is 14.9 Å². The second kappa shape index (κ2) is 19.0. The Kier molecular flexibility index (Phi) is 16.1. The van der Waals surface area contributed by atoms with Gasteiger partial charge in [0.15, 0.2) is 0 Å². The maximum absolute atomic E-state index is 4.59. The van der Waals surface area contributed by atoms with E-state index in [0.29, 0.717) is 0 Å². The topological polar surface area (TPSA) is 25.8 Å². The molecule has 0 N–H and O–H groups in total. The first-order valence-electron chi connectivity index (χ1n) is 15.0. The quantitative estimate of drug-likeness (QED) is 0.132. The molecule has 0 fully saturated rings. The van der Waals surface area contributed by atoms with Gasteiger partial charge in [-0.2, -0.15) is 12.1 Å². The molecule has 2 radical (unpaired) electrons. The van der Waals surface area contributed by atoms with Gasteiger partial charge >= 0.3 is 30.2 Å². The molecule has 48 heavy (non-hydrogen) atoms. The van der Waals surface area contributed by atoms with E-state index in [0.717, 1.165) is 23.9 Å². The van der Waals surface area contributed by atoms with Gasteiger partial charge in [-0.3, -0.25) is 9.97 Å². The summed E-state index contributed by atoms with van der Waals surface area (Å²) in [5, 5.41) is 7.66. The third-order valence-electron chi connectivity index (χ3n) is 8.28. The molecule has 0 unspecified atom stereocenters. The second-order valence-electron chi connectivity index (χ2n) is 10.8. The van der Waals surface area contributed by atoms with Gasteiger partial charge < -0.3 is 14.9 Å². The van der Waals surface area contributed by atoms with Gasteiger partial charge in [-0.15, -0.1) is 93.9 Å². The summed E-state index contributed by atoms with van der Waals surface area (Å²) in [6.07, 6.45) is 5.88. The summed E-state index contributed by atoms with van der Waals surface area (Å²) in [6, 6.07) is 43.3. The number of aromatic nitrogens is 2. The van der Waals surface area contributed by atoms with Crippen molar-refractivity contribution in [2.24, 2.45) is 0 Å². The van der Waals surface area contributed by atoms with E-state index in [2.05, 4.69) is 140 Å². The minimum absolute atomic E-state index is 0. The average Bonchev–Trinajstić information content (AvgIpc) is 3.73. The number of rotatable bonds is 4. The summed E-state index contributed by atoms with van der Waals surface area (Å²) < 4.78 is 0. The summed E-state index contributed by atoms with van der Waals surface area (Å²) >= 11 is 1.36. The molecule has 0 aliphatic carbocycles. The molecule has 0 bridgehead atoms. The van der Waals surface area contributed by atoms with Crippen LogP contribution in [0.25, 0.3) is 65.6 Å². The van der Waals surface area contributed by atoms with E-state index in [1.165, 1.54) is 89.0 Å². The van der Waals surface area contributed by atoms with Crippen molar-refractivity contribution in [3.8, 4) is 22.3 Å². The number of benzene rings is 4. The zero-order chi connectivity index (χ0) is 30.5. The molecule has 0 aliphatic rings. The summed E-state index contributed by atoms with van der Waals surface area (Å²) in [5.74, 6) is 0. The SMILES string of the molecule is CCc1cc2c(-c3cccc4cccnc34)cccc2[cH-]1.CCc1cc2c(-c3cccc4cccnc34)cccc2[cH-]1.Cl.Cl.[CH3-].[CH3-].[Si]=[Zr]. The van der Waals surface area contributed by atoms with Gasteiger partial charge in [0.1, 0.15) is 0 Å². The van der Waals surface area contributed by atoms with Gasteiger partial charge in [-0.25, -0.2) is 0 Å². The third-order valence-corrected chi connectivity index (χ3v) is 8.28. The number of para-hydroxylation sites is 2. The van der Waals surface area contributed by atoms with Crippen molar-refractivity contribution >= 4 is 75.0 Å². The Hall–Kier alpha value is -3.40. The number of pyridine rings is 2. The Labute approximate surface area is 314 Å². The van der Waals surface area contributed by atoms with Crippen LogP contribution in [0.2, 0.25) is 0 Å². The minimum atomic E-state index is 0. The summed E-state index contributed by atoms with van der Waals surface area (Å²) in [6.45, 7) is 7.47. The van der Waals surface area contributed by atoms with Gasteiger partial charge in [0, 0.05) is 23.2 Å². The first-order chi connectivity index (χ1) is 21.7. The number of hydrogen-bond acceptors (Lipinski definition) is 2. The van der Waals surface area contributed by atoms with Crippen molar-refractivity contribution in [3.63, 3.8) is 0 Å². The zero-order valence-corrected chi connectivity index (χ0v) is 32.9. The van der Waals surface area contributed by atoms with E-state index >= 15 is 0 Å². The average molecular weight is 763 g/mol. The molecular weight excluding hydrogens is 723 g/mol. The Morgan fingerprint density at radius 3 is 1.27 bits per heavy atom. The van der Waals surface area contributed by atoms with Crippen LogP contribution in [0.1, 0.15) is 25.0 Å². The van der Waals surface area contributed by atoms with Crippen molar-refractivity contribution in [2.75, 3.05) is 0 Å².